The number of likely N-dealkylation sites (N-methyl/N-ethyl adjacent to an activating group) is 1. The van der Waals surface area contributed by atoms with Crippen LogP contribution in [0.1, 0.15) is 12.5 Å². The molecule has 0 fully saturated rings. The van der Waals surface area contributed by atoms with E-state index >= 15 is 0 Å². The predicted octanol–water partition coefficient (Wildman–Crippen LogP) is 0.0503. The van der Waals surface area contributed by atoms with Crippen molar-refractivity contribution in [3.63, 3.8) is 0 Å². The summed E-state index contributed by atoms with van der Waals surface area (Å²) in [7, 11) is 1.42. The molecule has 0 aliphatic carbocycles. The molecule has 0 spiro atoms. The number of carbonyl (C=O) groups is 2. The maximum atomic E-state index is 11.6. The Morgan fingerprint density at radius 2 is 2.25 bits per heavy atom. The van der Waals surface area contributed by atoms with Gasteiger partial charge in [0.2, 0.25) is 6.41 Å². The van der Waals surface area contributed by atoms with Crippen LogP contribution in [0.2, 0.25) is 0 Å². The van der Waals surface area contributed by atoms with Crippen LogP contribution in [-0.2, 0) is 15.1 Å². The molecule has 8 nitrogen and oxygen atoms in total. The van der Waals surface area contributed by atoms with Crippen LogP contribution in [0, 0.1) is 0 Å². The van der Waals surface area contributed by atoms with Crippen molar-refractivity contribution < 1.29 is 14.7 Å². The van der Waals surface area contributed by atoms with Gasteiger partial charge in [0.05, 0.1) is 5.69 Å². The van der Waals surface area contributed by atoms with E-state index in [-0.39, 0.29) is 0 Å². The van der Waals surface area contributed by atoms with Crippen LogP contribution in [0.5, 0.6) is 0 Å². The van der Waals surface area contributed by atoms with Gasteiger partial charge in [-0.25, -0.2) is 9.48 Å². The molecule has 1 N–H and O–H groups in total. The molecule has 0 saturated carbocycles. The van der Waals surface area contributed by atoms with Gasteiger partial charge >= 0.3 is 5.97 Å². The number of tetrazole rings is 1. The summed E-state index contributed by atoms with van der Waals surface area (Å²) in [5, 5.41) is 20.3. The summed E-state index contributed by atoms with van der Waals surface area (Å²) in [5.74, 6) is -1.12. The number of nitrogens with zero attached hydrogens (tertiary/aromatic N) is 5. The number of carbonyl (C=O) groups excluding carboxylic acids is 1. The van der Waals surface area contributed by atoms with Crippen molar-refractivity contribution >= 4 is 12.4 Å². The fourth-order valence-electron chi connectivity index (χ4n) is 1.81. The highest BCUT2D eigenvalue weighted by Crippen LogP contribution is 2.28. The van der Waals surface area contributed by atoms with E-state index in [0.29, 0.717) is 17.7 Å². The summed E-state index contributed by atoms with van der Waals surface area (Å²) in [6, 6.07) is 6.70. The molecule has 1 unspecified atom stereocenters. The van der Waals surface area contributed by atoms with Gasteiger partial charge in [0.25, 0.3) is 0 Å². The number of hydrogen-bond donors (Lipinski definition) is 1. The third kappa shape index (κ3) is 2.11. The molecule has 1 amide bonds. The van der Waals surface area contributed by atoms with Crippen molar-refractivity contribution in [1.29, 1.82) is 0 Å². The summed E-state index contributed by atoms with van der Waals surface area (Å²) in [4.78, 5) is 23.6. The number of benzene rings is 1. The van der Waals surface area contributed by atoms with Crippen LogP contribution < -0.4 is 0 Å². The first-order chi connectivity index (χ1) is 9.50. The second kappa shape index (κ2) is 5.08. The van der Waals surface area contributed by atoms with E-state index in [9.17, 15) is 14.7 Å². The maximum absolute atomic E-state index is 11.6. The summed E-state index contributed by atoms with van der Waals surface area (Å²) < 4.78 is 1.41. The SMILES string of the molecule is CN(C=O)C(C)(C(=O)O)c1cccc(-n2cnnn2)c1. The Bertz CT molecular complexity index is 628. The van der Waals surface area contributed by atoms with Gasteiger partial charge in [0, 0.05) is 7.05 Å². The number of aromatic nitrogens is 4. The molecule has 0 aliphatic rings. The van der Waals surface area contributed by atoms with E-state index in [1.807, 2.05) is 0 Å². The minimum absolute atomic E-state index is 0.451. The van der Waals surface area contributed by atoms with Crippen LogP contribution in [0.25, 0.3) is 5.69 Å². The van der Waals surface area contributed by atoms with Crippen LogP contribution in [0.15, 0.2) is 30.6 Å². The zero-order chi connectivity index (χ0) is 14.8. The van der Waals surface area contributed by atoms with E-state index in [2.05, 4.69) is 15.5 Å². The smallest absolute Gasteiger partial charge is 0.334 e. The average Bonchev–Trinajstić information content (AvgIpc) is 2.99. The van der Waals surface area contributed by atoms with Crippen LogP contribution in [0.3, 0.4) is 0 Å². The van der Waals surface area contributed by atoms with Gasteiger partial charge in [-0.1, -0.05) is 12.1 Å². The van der Waals surface area contributed by atoms with Gasteiger partial charge in [-0.05, 0) is 35.0 Å². The number of hydrogen-bond acceptors (Lipinski definition) is 5. The zero-order valence-corrected chi connectivity index (χ0v) is 11.0. The monoisotopic (exact) mass is 275 g/mol. The lowest BCUT2D eigenvalue weighted by molar-refractivity contribution is -0.153. The summed E-state index contributed by atoms with van der Waals surface area (Å²) in [6.07, 6.45) is 1.89. The topological polar surface area (TPSA) is 101 Å². The molecule has 1 heterocycles. The second-order valence-corrected chi connectivity index (χ2v) is 4.40. The predicted molar refractivity (Wildman–Crippen MR) is 68.0 cm³/mol. The molecule has 0 saturated heterocycles. The molecular weight excluding hydrogens is 262 g/mol. The first-order valence-corrected chi connectivity index (χ1v) is 5.75. The Balaban J connectivity index is 2.53. The largest absolute Gasteiger partial charge is 0.479 e. The number of aliphatic carboxylic acids is 1. The molecule has 104 valence electrons. The standard InChI is InChI=1S/C12H13N5O3/c1-12(11(19)20,16(2)8-18)9-4-3-5-10(6-9)17-7-13-14-15-17/h3-8H,1-2H3,(H,19,20). The van der Waals surface area contributed by atoms with Gasteiger partial charge in [-0.2, -0.15) is 0 Å². The van der Waals surface area contributed by atoms with Gasteiger partial charge in [-0.3, -0.25) is 4.79 Å². The molecule has 1 aromatic heterocycles. The lowest BCUT2D eigenvalue weighted by atomic mass is 9.90. The second-order valence-electron chi connectivity index (χ2n) is 4.40. The molecule has 0 bridgehead atoms. The van der Waals surface area contributed by atoms with E-state index in [1.54, 1.807) is 24.3 Å². The van der Waals surface area contributed by atoms with Crippen molar-refractivity contribution in [2.24, 2.45) is 0 Å². The Hall–Kier alpha value is -2.77. The van der Waals surface area contributed by atoms with Gasteiger partial charge < -0.3 is 10.0 Å². The quantitative estimate of drug-likeness (QED) is 0.774. The third-order valence-corrected chi connectivity index (χ3v) is 3.30. The molecule has 2 rings (SSSR count). The molecule has 0 radical (unpaired) electrons. The minimum Gasteiger partial charge on any atom is -0.479 e. The van der Waals surface area contributed by atoms with E-state index in [0.717, 1.165) is 4.90 Å². The van der Waals surface area contributed by atoms with E-state index < -0.39 is 11.5 Å². The van der Waals surface area contributed by atoms with Crippen molar-refractivity contribution in [2.45, 2.75) is 12.5 Å². The molecule has 2 aromatic rings. The van der Waals surface area contributed by atoms with Gasteiger partial charge in [-0.15, -0.1) is 5.10 Å². The third-order valence-electron chi connectivity index (χ3n) is 3.30. The van der Waals surface area contributed by atoms with Crippen LogP contribution >= 0.6 is 0 Å². The number of rotatable bonds is 5. The zero-order valence-electron chi connectivity index (χ0n) is 11.0. The molecule has 1 atom stereocenters. The fraction of sp³-hybridized carbons (Fsp3) is 0.250. The normalized spacial score (nSPS) is 13.5. The molecule has 1 aromatic carbocycles. The minimum atomic E-state index is -1.47. The highest BCUT2D eigenvalue weighted by atomic mass is 16.4. The van der Waals surface area contributed by atoms with Crippen LogP contribution in [-0.4, -0.2) is 49.6 Å². The first kappa shape index (κ1) is 13.7. The number of amides is 1. The summed E-state index contributed by atoms with van der Waals surface area (Å²) in [6.45, 7) is 1.46. The molecular formula is C12H13N5O3. The number of carboxylic acid groups (broad SMARTS) is 1. The lowest BCUT2D eigenvalue weighted by Crippen LogP contribution is -2.47. The van der Waals surface area contributed by atoms with E-state index in [1.165, 1.54) is 25.0 Å². The van der Waals surface area contributed by atoms with Gasteiger partial charge in [0.15, 0.2) is 5.54 Å². The number of carboxylic acids is 1. The highest BCUT2D eigenvalue weighted by molar-refractivity contribution is 5.83. The Morgan fingerprint density at radius 3 is 2.80 bits per heavy atom. The Morgan fingerprint density at radius 1 is 1.50 bits per heavy atom. The van der Waals surface area contributed by atoms with Crippen molar-refractivity contribution in [3.05, 3.63) is 36.2 Å². The van der Waals surface area contributed by atoms with Crippen molar-refractivity contribution in [3.8, 4) is 5.69 Å². The molecule has 8 heteroatoms. The van der Waals surface area contributed by atoms with Crippen molar-refractivity contribution in [1.82, 2.24) is 25.1 Å². The van der Waals surface area contributed by atoms with Gasteiger partial charge in [0.1, 0.15) is 6.33 Å². The highest BCUT2D eigenvalue weighted by Gasteiger charge is 2.39. The molecule has 20 heavy (non-hydrogen) atoms. The molecule has 0 aliphatic heterocycles. The Kier molecular flexibility index (Phi) is 3.47. The fourth-order valence-corrected chi connectivity index (χ4v) is 1.81. The first-order valence-electron chi connectivity index (χ1n) is 5.75. The summed E-state index contributed by atoms with van der Waals surface area (Å²) in [5.41, 5.74) is -0.405. The average molecular weight is 275 g/mol. The van der Waals surface area contributed by atoms with Crippen molar-refractivity contribution in [2.75, 3.05) is 7.05 Å². The van der Waals surface area contributed by atoms with E-state index in [4.69, 9.17) is 0 Å². The Labute approximate surface area is 114 Å². The lowest BCUT2D eigenvalue weighted by Gasteiger charge is -2.32. The maximum Gasteiger partial charge on any atom is 0.334 e. The van der Waals surface area contributed by atoms with Crippen LogP contribution in [0.4, 0.5) is 0 Å². The summed E-state index contributed by atoms with van der Waals surface area (Å²) >= 11 is 0.